The average Bonchev–Trinajstić information content (AvgIpc) is 2.95. The fraction of sp³-hybridized carbons (Fsp3) is 0.0667. The van der Waals surface area contributed by atoms with Gasteiger partial charge in [0.2, 0.25) is 5.82 Å². The highest BCUT2D eigenvalue weighted by Gasteiger charge is 2.11. The molecule has 0 spiro atoms. The molecule has 4 nitrogen and oxygen atoms in total. The van der Waals surface area contributed by atoms with Crippen molar-refractivity contribution < 1.29 is 13.7 Å². The second-order valence-corrected chi connectivity index (χ2v) is 5.74. The largest absolute Gasteiger partial charge is 0.481 e. The van der Waals surface area contributed by atoms with Crippen molar-refractivity contribution in [3.63, 3.8) is 0 Å². The molecule has 0 saturated heterocycles. The molecular formula is C15H9BrClFN2O2. The predicted molar refractivity (Wildman–Crippen MR) is 83.2 cm³/mol. The van der Waals surface area contributed by atoms with Crippen molar-refractivity contribution in [2.75, 3.05) is 0 Å². The second kappa shape index (κ2) is 6.46. The van der Waals surface area contributed by atoms with E-state index in [0.717, 1.165) is 5.56 Å². The first-order valence-corrected chi connectivity index (χ1v) is 7.45. The molecule has 1 aromatic heterocycles. The van der Waals surface area contributed by atoms with Crippen LogP contribution in [0.5, 0.6) is 5.75 Å². The van der Waals surface area contributed by atoms with E-state index in [9.17, 15) is 4.39 Å². The highest BCUT2D eigenvalue weighted by atomic mass is 79.9. The van der Waals surface area contributed by atoms with E-state index in [4.69, 9.17) is 20.9 Å². The molecule has 0 amide bonds. The van der Waals surface area contributed by atoms with Crippen molar-refractivity contribution in [2.24, 2.45) is 0 Å². The molecule has 0 aliphatic rings. The highest BCUT2D eigenvalue weighted by Crippen LogP contribution is 2.23. The van der Waals surface area contributed by atoms with Gasteiger partial charge < -0.3 is 9.26 Å². The molecule has 0 saturated carbocycles. The van der Waals surface area contributed by atoms with Crippen LogP contribution in [0.15, 0.2) is 51.5 Å². The third kappa shape index (κ3) is 3.45. The molecule has 0 radical (unpaired) electrons. The van der Waals surface area contributed by atoms with E-state index in [1.54, 1.807) is 24.3 Å². The Balaban J connectivity index is 1.72. The van der Waals surface area contributed by atoms with Crippen LogP contribution in [0.4, 0.5) is 4.39 Å². The predicted octanol–water partition coefficient (Wildman–Crippen LogP) is 4.87. The van der Waals surface area contributed by atoms with Gasteiger partial charge in [0.25, 0.3) is 5.89 Å². The van der Waals surface area contributed by atoms with Crippen LogP contribution in [0, 0.1) is 5.82 Å². The molecule has 112 valence electrons. The Kier molecular flexibility index (Phi) is 4.40. The SMILES string of the molecule is Fc1cc(Br)ccc1OCc1nc(-c2cccc(Cl)c2)no1. The van der Waals surface area contributed by atoms with Crippen molar-refractivity contribution in [1.82, 2.24) is 10.1 Å². The summed E-state index contributed by atoms with van der Waals surface area (Å²) in [6.45, 7) is -0.0217. The molecule has 0 atom stereocenters. The molecule has 1 heterocycles. The van der Waals surface area contributed by atoms with Gasteiger partial charge in [0, 0.05) is 15.1 Å². The Bertz CT molecular complexity index is 810. The summed E-state index contributed by atoms with van der Waals surface area (Å²) in [5.74, 6) is 0.296. The summed E-state index contributed by atoms with van der Waals surface area (Å²) in [6, 6.07) is 11.6. The smallest absolute Gasteiger partial charge is 0.264 e. The minimum atomic E-state index is -0.469. The second-order valence-electron chi connectivity index (χ2n) is 4.39. The van der Waals surface area contributed by atoms with Gasteiger partial charge in [-0.15, -0.1) is 0 Å². The van der Waals surface area contributed by atoms with Crippen LogP contribution in [0.2, 0.25) is 5.02 Å². The normalized spacial score (nSPS) is 10.7. The monoisotopic (exact) mass is 382 g/mol. The van der Waals surface area contributed by atoms with E-state index in [1.807, 2.05) is 6.07 Å². The van der Waals surface area contributed by atoms with Crippen LogP contribution in [0.1, 0.15) is 5.89 Å². The van der Waals surface area contributed by atoms with E-state index in [-0.39, 0.29) is 18.2 Å². The highest BCUT2D eigenvalue weighted by molar-refractivity contribution is 9.10. The van der Waals surface area contributed by atoms with Crippen LogP contribution in [0.25, 0.3) is 11.4 Å². The molecule has 0 bridgehead atoms. The minimum Gasteiger partial charge on any atom is -0.481 e. The summed E-state index contributed by atoms with van der Waals surface area (Å²) in [4.78, 5) is 4.19. The van der Waals surface area contributed by atoms with Gasteiger partial charge in [-0.25, -0.2) is 4.39 Å². The lowest BCUT2D eigenvalue weighted by molar-refractivity contribution is 0.234. The topological polar surface area (TPSA) is 48.2 Å². The molecule has 3 rings (SSSR count). The lowest BCUT2D eigenvalue weighted by atomic mass is 10.2. The van der Waals surface area contributed by atoms with Crippen LogP contribution in [-0.2, 0) is 6.61 Å². The molecule has 0 aliphatic carbocycles. The number of halogens is 3. The number of benzene rings is 2. The maximum Gasteiger partial charge on any atom is 0.264 e. The first-order valence-electron chi connectivity index (χ1n) is 6.28. The first kappa shape index (κ1) is 15.0. The number of hydrogen-bond acceptors (Lipinski definition) is 4. The van der Waals surface area contributed by atoms with Gasteiger partial charge in [-0.2, -0.15) is 4.98 Å². The van der Waals surface area contributed by atoms with Crippen LogP contribution in [-0.4, -0.2) is 10.1 Å². The number of hydrogen-bond donors (Lipinski definition) is 0. The maximum absolute atomic E-state index is 13.6. The molecule has 7 heteroatoms. The quantitative estimate of drug-likeness (QED) is 0.645. The van der Waals surface area contributed by atoms with Gasteiger partial charge in [0.05, 0.1) is 0 Å². The summed E-state index contributed by atoms with van der Waals surface area (Å²) in [5, 5.41) is 4.43. The Morgan fingerprint density at radius 1 is 1.23 bits per heavy atom. The molecule has 3 aromatic rings. The van der Waals surface area contributed by atoms with Crippen molar-refractivity contribution in [3.8, 4) is 17.1 Å². The molecule has 0 N–H and O–H groups in total. The average molecular weight is 384 g/mol. The summed E-state index contributed by atoms with van der Waals surface area (Å²) in [5.41, 5.74) is 0.734. The molecule has 2 aromatic carbocycles. The molecule has 22 heavy (non-hydrogen) atoms. The van der Waals surface area contributed by atoms with Crippen LogP contribution in [0.3, 0.4) is 0 Å². The zero-order valence-corrected chi connectivity index (χ0v) is 13.4. The van der Waals surface area contributed by atoms with Crippen molar-refractivity contribution in [1.29, 1.82) is 0 Å². The number of ether oxygens (including phenoxy) is 1. The van der Waals surface area contributed by atoms with Gasteiger partial charge in [0.15, 0.2) is 18.2 Å². The number of rotatable bonds is 4. The van der Waals surface area contributed by atoms with E-state index in [0.29, 0.717) is 15.3 Å². The Labute approximate surface area is 139 Å². The third-order valence-electron chi connectivity index (χ3n) is 2.80. The van der Waals surface area contributed by atoms with Crippen molar-refractivity contribution in [3.05, 3.63) is 63.7 Å². The van der Waals surface area contributed by atoms with Gasteiger partial charge >= 0.3 is 0 Å². The van der Waals surface area contributed by atoms with E-state index in [1.165, 1.54) is 12.1 Å². The summed E-state index contributed by atoms with van der Waals surface area (Å²) in [7, 11) is 0. The van der Waals surface area contributed by atoms with E-state index >= 15 is 0 Å². The zero-order valence-electron chi connectivity index (χ0n) is 11.1. The summed E-state index contributed by atoms with van der Waals surface area (Å²) < 4.78 is 24.7. The standard InChI is InChI=1S/C15H9BrClFN2O2/c16-10-4-5-13(12(18)7-10)21-8-14-19-15(20-22-14)9-2-1-3-11(17)6-9/h1-7H,8H2. The Morgan fingerprint density at radius 2 is 2.09 bits per heavy atom. The van der Waals surface area contributed by atoms with Crippen molar-refractivity contribution in [2.45, 2.75) is 6.61 Å². The van der Waals surface area contributed by atoms with Gasteiger partial charge in [-0.3, -0.25) is 0 Å². The van der Waals surface area contributed by atoms with Gasteiger partial charge in [0.1, 0.15) is 0 Å². The number of nitrogens with zero attached hydrogens (tertiary/aromatic N) is 2. The molecular weight excluding hydrogens is 375 g/mol. The molecule has 0 aliphatic heterocycles. The summed E-state index contributed by atoms with van der Waals surface area (Å²) >= 11 is 9.10. The van der Waals surface area contributed by atoms with Crippen LogP contribution >= 0.6 is 27.5 Å². The fourth-order valence-corrected chi connectivity index (χ4v) is 2.31. The minimum absolute atomic E-state index is 0.0217. The van der Waals surface area contributed by atoms with E-state index < -0.39 is 5.82 Å². The van der Waals surface area contributed by atoms with Crippen LogP contribution < -0.4 is 4.74 Å². The lowest BCUT2D eigenvalue weighted by Crippen LogP contribution is -1.97. The lowest BCUT2D eigenvalue weighted by Gasteiger charge is -2.04. The molecule has 0 fully saturated rings. The van der Waals surface area contributed by atoms with Gasteiger partial charge in [-0.1, -0.05) is 44.8 Å². The van der Waals surface area contributed by atoms with Gasteiger partial charge in [-0.05, 0) is 30.3 Å². The fourth-order valence-electron chi connectivity index (χ4n) is 1.79. The number of aromatic nitrogens is 2. The summed E-state index contributed by atoms with van der Waals surface area (Å²) in [6.07, 6.45) is 0. The zero-order chi connectivity index (χ0) is 15.5. The Morgan fingerprint density at radius 3 is 2.86 bits per heavy atom. The van der Waals surface area contributed by atoms with E-state index in [2.05, 4.69) is 26.1 Å². The molecule has 0 unspecified atom stereocenters. The third-order valence-corrected chi connectivity index (χ3v) is 3.52. The maximum atomic E-state index is 13.6. The first-order chi connectivity index (χ1) is 10.6. The Hall–Kier alpha value is -1.92. The van der Waals surface area contributed by atoms with Crippen molar-refractivity contribution >= 4 is 27.5 Å².